The monoisotopic (exact) mass is 555 g/mol. The number of ether oxygens (including phenoxy) is 2. The molecule has 0 saturated carbocycles. The highest BCUT2D eigenvalue weighted by Gasteiger charge is 2.44. The number of halogens is 2. The Bertz CT molecular complexity index is 1250. The minimum absolute atomic E-state index is 0.0185. The van der Waals surface area contributed by atoms with Crippen LogP contribution >= 0.6 is 19.2 Å². The summed E-state index contributed by atoms with van der Waals surface area (Å²) < 4.78 is 53.8. The molecule has 13 heteroatoms. The summed E-state index contributed by atoms with van der Waals surface area (Å²) in [5.41, 5.74) is -1.99. The van der Waals surface area contributed by atoms with Gasteiger partial charge in [-0.3, -0.25) is 9.36 Å². The van der Waals surface area contributed by atoms with Gasteiger partial charge in [0.2, 0.25) is 11.7 Å². The predicted octanol–water partition coefficient (Wildman–Crippen LogP) is 6.24. The van der Waals surface area contributed by atoms with Gasteiger partial charge in [0.1, 0.15) is 28.6 Å². The van der Waals surface area contributed by atoms with Crippen molar-refractivity contribution in [3.05, 3.63) is 53.3 Å². The Kier molecular flexibility index (Phi) is 9.41. The van der Waals surface area contributed by atoms with Gasteiger partial charge in [0.25, 0.3) is 0 Å². The van der Waals surface area contributed by atoms with E-state index in [1.165, 1.54) is 36.5 Å². The molecule has 1 aromatic carbocycles. The largest absolute Gasteiger partial charge is 0.459 e. The fourth-order valence-corrected chi connectivity index (χ4v) is 5.24. The molecule has 2 heterocycles. The Hall–Kier alpha value is -2.85. The minimum Gasteiger partial charge on any atom is -0.459 e. The lowest BCUT2D eigenvalue weighted by Gasteiger charge is -2.27. The second-order valence-electron chi connectivity index (χ2n) is 8.70. The fraction of sp³-hybridized carbons (Fsp3) is 0.417. The zero-order valence-corrected chi connectivity index (χ0v) is 22.7. The van der Waals surface area contributed by atoms with Gasteiger partial charge in [0, 0.05) is 6.07 Å². The highest BCUT2D eigenvalue weighted by atomic mass is 35.5. The lowest BCUT2D eigenvalue weighted by molar-refractivity contribution is -0.154. The third-order valence-electron chi connectivity index (χ3n) is 4.59. The van der Waals surface area contributed by atoms with E-state index >= 15 is 0 Å². The Morgan fingerprint density at radius 2 is 1.78 bits per heavy atom. The van der Waals surface area contributed by atoms with Crippen molar-refractivity contribution in [3.63, 3.8) is 0 Å². The molecule has 10 nitrogen and oxygen atoms in total. The van der Waals surface area contributed by atoms with Crippen LogP contribution < -0.4 is 4.74 Å². The number of aromatic nitrogens is 3. The van der Waals surface area contributed by atoms with Crippen LogP contribution in [0.15, 0.2) is 41.1 Å². The Morgan fingerprint density at radius 1 is 1.14 bits per heavy atom. The van der Waals surface area contributed by atoms with E-state index in [0.29, 0.717) is 11.5 Å². The van der Waals surface area contributed by atoms with Crippen molar-refractivity contribution in [2.24, 2.45) is 0 Å². The number of esters is 1. The van der Waals surface area contributed by atoms with Gasteiger partial charge in [-0.1, -0.05) is 16.8 Å². The molecule has 3 aromatic rings. The van der Waals surface area contributed by atoms with Crippen molar-refractivity contribution in [1.82, 2.24) is 15.1 Å². The van der Waals surface area contributed by atoms with Gasteiger partial charge in [-0.2, -0.15) is 4.98 Å². The average molecular weight is 556 g/mol. The van der Waals surface area contributed by atoms with Crippen LogP contribution in [-0.2, 0) is 29.6 Å². The van der Waals surface area contributed by atoms with E-state index in [-0.39, 0.29) is 47.9 Å². The summed E-state index contributed by atoms with van der Waals surface area (Å²) in [7, 11) is -3.94. The summed E-state index contributed by atoms with van der Waals surface area (Å²) in [5.74, 6) is -0.442. The van der Waals surface area contributed by atoms with E-state index in [1.807, 2.05) is 0 Å². The maximum atomic E-state index is 13.5. The quantitative estimate of drug-likeness (QED) is 0.198. The number of benzene rings is 1. The molecule has 0 fully saturated rings. The van der Waals surface area contributed by atoms with E-state index < -0.39 is 24.8 Å². The van der Waals surface area contributed by atoms with E-state index in [4.69, 9.17) is 34.6 Å². The lowest BCUT2D eigenvalue weighted by atomic mass is 10.2. The molecule has 0 bridgehead atoms. The molecule has 1 atom stereocenters. The molecule has 1 unspecified atom stereocenters. The molecular weight excluding hydrogens is 528 g/mol. The van der Waals surface area contributed by atoms with Crippen LogP contribution in [-0.4, -0.2) is 45.6 Å². The van der Waals surface area contributed by atoms with Crippen LogP contribution in [0.25, 0.3) is 11.5 Å². The summed E-state index contributed by atoms with van der Waals surface area (Å²) in [6, 6.07) is 6.95. The number of hydrogen-bond donors (Lipinski definition) is 0. The summed E-state index contributed by atoms with van der Waals surface area (Å²) in [5, 5.41) is 4.05. The first-order valence-electron chi connectivity index (χ1n) is 11.5. The smallest absolute Gasteiger partial charge is 0.345 e. The highest BCUT2D eigenvalue weighted by Crippen LogP contribution is 2.54. The van der Waals surface area contributed by atoms with Gasteiger partial charge in [0.05, 0.1) is 30.9 Å². The summed E-state index contributed by atoms with van der Waals surface area (Å²) >= 11 is 6.37. The first kappa shape index (κ1) is 28.7. The average Bonchev–Trinajstić information content (AvgIpc) is 3.26. The molecule has 2 aromatic heterocycles. The number of carbonyl (C=O) groups is 1. The molecule has 0 aliphatic heterocycles. The second-order valence-corrected chi connectivity index (χ2v) is 11.3. The molecule has 37 heavy (non-hydrogen) atoms. The van der Waals surface area contributed by atoms with Crippen LogP contribution in [0, 0.1) is 5.82 Å². The summed E-state index contributed by atoms with van der Waals surface area (Å²) in [6.45, 7) is 8.46. The number of pyridine rings is 1. The Balaban J connectivity index is 1.84. The zero-order chi connectivity index (χ0) is 27.2. The SMILES string of the molecule is CCOP(=O)(OCC)C(Cc1nc(-c2ncc(Oc3ccc(F)cc3)cc2Cl)no1)C(=O)OC(C)(C)C. The van der Waals surface area contributed by atoms with Gasteiger partial charge < -0.3 is 23.0 Å². The van der Waals surface area contributed by atoms with Crippen LogP contribution in [0.4, 0.5) is 4.39 Å². The van der Waals surface area contributed by atoms with Crippen LogP contribution in [0.1, 0.15) is 40.5 Å². The molecule has 0 spiro atoms. The van der Waals surface area contributed by atoms with Crippen LogP contribution in [0.3, 0.4) is 0 Å². The van der Waals surface area contributed by atoms with Gasteiger partial charge in [0.15, 0.2) is 5.66 Å². The second kappa shape index (κ2) is 12.1. The molecule has 3 rings (SSSR count). The summed E-state index contributed by atoms with van der Waals surface area (Å²) in [6.07, 6.45) is 1.13. The maximum Gasteiger partial charge on any atom is 0.345 e. The maximum absolute atomic E-state index is 13.5. The Morgan fingerprint density at radius 3 is 2.35 bits per heavy atom. The van der Waals surface area contributed by atoms with E-state index in [1.54, 1.807) is 34.6 Å². The number of carbonyl (C=O) groups excluding carboxylic acids is 1. The van der Waals surface area contributed by atoms with E-state index in [2.05, 4.69) is 15.1 Å². The number of hydrogen-bond acceptors (Lipinski definition) is 10. The molecule has 200 valence electrons. The van der Waals surface area contributed by atoms with E-state index in [9.17, 15) is 13.8 Å². The minimum atomic E-state index is -3.94. The first-order valence-corrected chi connectivity index (χ1v) is 13.5. The van der Waals surface area contributed by atoms with Gasteiger partial charge >= 0.3 is 13.6 Å². The van der Waals surface area contributed by atoms with Crippen molar-refractivity contribution in [3.8, 4) is 23.0 Å². The standard InChI is InChI=1S/C24H28ClFN3O7P/c1-6-32-37(31,33-7-2)19(23(30)35-24(3,4)5)13-20-28-22(29-36-20)21-18(25)12-17(14-27-21)34-16-10-8-15(26)9-11-16/h8-12,14,19H,6-7,13H2,1-5H3. The van der Waals surface area contributed by atoms with Crippen molar-refractivity contribution in [2.75, 3.05) is 13.2 Å². The molecule has 0 amide bonds. The third kappa shape index (κ3) is 7.82. The summed E-state index contributed by atoms with van der Waals surface area (Å²) in [4.78, 5) is 21.5. The molecule has 0 N–H and O–H groups in total. The normalized spacial score (nSPS) is 12.8. The van der Waals surface area contributed by atoms with Gasteiger partial charge in [-0.25, -0.2) is 9.37 Å². The number of nitrogens with zero attached hydrogens (tertiary/aromatic N) is 3. The molecule has 0 aliphatic rings. The molecule has 0 radical (unpaired) electrons. The molecule has 0 aliphatic carbocycles. The van der Waals surface area contributed by atoms with E-state index in [0.717, 1.165) is 0 Å². The van der Waals surface area contributed by atoms with Crippen molar-refractivity contribution in [1.29, 1.82) is 0 Å². The lowest BCUT2D eigenvalue weighted by Crippen LogP contribution is -2.34. The van der Waals surface area contributed by atoms with Crippen molar-refractivity contribution >= 4 is 25.2 Å². The number of rotatable bonds is 11. The molecular formula is C24H28ClFN3O7P. The van der Waals surface area contributed by atoms with Crippen LogP contribution in [0.5, 0.6) is 11.5 Å². The zero-order valence-electron chi connectivity index (χ0n) is 21.1. The molecule has 0 saturated heterocycles. The fourth-order valence-electron chi connectivity index (χ4n) is 3.15. The first-order chi connectivity index (χ1) is 17.4. The predicted molar refractivity (Wildman–Crippen MR) is 133 cm³/mol. The van der Waals surface area contributed by atoms with Crippen LogP contribution in [0.2, 0.25) is 5.02 Å². The topological polar surface area (TPSA) is 123 Å². The van der Waals surface area contributed by atoms with Crippen molar-refractivity contribution < 1.29 is 36.8 Å². The van der Waals surface area contributed by atoms with Gasteiger partial charge in [-0.05, 0) is 58.9 Å². The van der Waals surface area contributed by atoms with Gasteiger partial charge in [-0.15, -0.1) is 0 Å². The highest BCUT2D eigenvalue weighted by molar-refractivity contribution is 7.55. The van der Waals surface area contributed by atoms with Crippen molar-refractivity contribution in [2.45, 2.75) is 52.3 Å². The Labute approximate surface area is 219 Å². The third-order valence-corrected chi connectivity index (χ3v) is 7.27.